The van der Waals surface area contributed by atoms with E-state index in [1.165, 1.54) is 38.1 Å². The number of carbonyl (C=O) groups excluding carboxylic acids is 3. The Bertz CT molecular complexity index is 1200. The summed E-state index contributed by atoms with van der Waals surface area (Å²) in [6.07, 6.45) is -0.259. The normalized spacial score (nSPS) is 33.7. The maximum absolute atomic E-state index is 13.7. The Balaban J connectivity index is 2.07. The number of aromatic hydroxyl groups is 1. The number of benzene rings is 1. The van der Waals surface area contributed by atoms with Crippen LogP contribution >= 0.6 is 11.6 Å². The molecule has 0 aromatic heterocycles. The fraction of sp³-hybridized carbons (Fsp3) is 0.409. The van der Waals surface area contributed by atoms with Gasteiger partial charge in [0.2, 0.25) is 5.78 Å². The Morgan fingerprint density at radius 3 is 2.33 bits per heavy atom. The molecular weight excluding hydrogens is 456 g/mol. The number of primary amides is 1. The van der Waals surface area contributed by atoms with Crippen LogP contribution in [0.15, 0.2) is 29.0 Å². The summed E-state index contributed by atoms with van der Waals surface area (Å²) in [5.41, 5.74) is -1.10. The van der Waals surface area contributed by atoms with Crippen molar-refractivity contribution in [2.24, 2.45) is 17.6 Å². The molecule has 5 atom stereocenters. The molecule has 4 rings (SSSR count). The Hall–Kier alpha value is -2.92. The first kappa shape index (κ1) is 23.2. The lowest BCUT2D eigenvalue weighted by Crippen LogP contribution is -2.67. The first-order valence-electron chi connectivity index (χ1n) is 10.1. The minimum absolute atomic E-state index is 0.0187. The first-order valence-corrected chi connectivity index (χ1v) is 10.5. The summed E-state index contributed by atoms with van der Waals surface area (Å²) in [6, 6.07) is 1.24. The maximum Gasteiger partial charge on any atom is 0.255 e. The molecular formula is C22H23ClN2O8. The smallest absolute Gasteiger partial charge is 0.255 e. The Morgan fingerprint density at radius 1 is 1.18 bits per heavy atom. The number of nitrogens with two attached hydrogens (primary N) is 1. The molecule has 1 aromatic rings. The Labute approximate surface area is 193 Å². The number of phenols is 1. The van der Waals surface area contributed by atoms with Crippen LogP contribution in [0.2, 0.25) is 5.02 Å². The molecule has 3 aliphatic carbocycles. The topological polar surface area (TPSA) is 182 Å². The minimum Gasteiger partial charge on any atom is -0.508 e. The van der Waals surface area contributed by atoms with Gasteiger partial charge in [0.25, 0.3) is 5.91 Å². The minimum atomic E-state index is -2.78. The van der Waals surface area contributed by atoms with E-state index in [0.29, 0.717) is 0 Å². The van der Waals surface area contributed by atoms with Gasteiger partial charge in [-0.25, -0.2) is 0 Å². The number of rotatable bonds is 2. The number of ketones is 2. The molecule has 0 bridgehead atoms. The molecule has 1 saturated carbocycles. The van der Waals surface area contributed by atoms with Crippen LogP contribution in [0.5, 0.6) is 5.75 Å². The fourth-order valence-electron chi connectivity index (χ4n) is 5.58. The second-order valence-electron chi connectivity index (χ2n) is 9.08. The number of Topliss-reactive ketones (excluding diaryl/α,β-unsaturated/α-hetero) is 2. The zero-order valence-corrected chi connectivity index (χ0v) is 18.7. The molecule has 7 N–H and O–H groups in total. The molecule has 0 saturated heterocycles. The van der Waals surface area contributed by atoms with E-state index in [9.17, 15) is 39.9 Å². The number of amides is 1. The Kier molecular flexibility index (Phi) is 4.96. The molecule has 1 amide bonds. The predicted octanol–water partition coefficient (Wildman–Crippen LogP) is 0.282. The molecule has 0 heterocycles. The van der Waals surface area contributed by atoms with Crippen LogP contribution in [-0.4, -0.2) is 73.6 Å². The number of nitrogens with zero attached hydrogens (tertiary/aromatic N) is 1. The van der Waals surface area contributed by atoms with Gasteiger partial charge in [-0.3, -0.25) is 19.3 Å². The highest BCUT2D eigenvalue weighted by molar-refractivity contribution is 6.32. The van der Waals surface area contributed by atoms with Crippen molar-refractivity contribution in [1.29, 1.82) is 0 Å². The highest BCUT2D eigenvalue weighted by Crippen LogP contribution is 2.58. The highest BCUT2D eigenvalue weighted by atomic mass is 35.5. The predicted molar refractivity (Wildman–Crippen MR) is 115 cm³/mol. The SMILES string of the molecule is CN(C)[C@H]1C(=O)C(C(N)=O)=C(O)C2(O)C(=O)C3=C(O)c4c(O)ccc(Cl)c4[C@@](C)(O)C3CC12. The van der Waals surface area contributed by atoms with Crippen molar-refractivity contribution in [2.45, 2.75) is 30.6 Å². The van der Waals surface area contributed by atoms with Gasteiger partial charge in [0.05, 0.1) is 17.2 Å². The molecule has 33 heavy (non-hydrogen) atoms. The van der Waals surface area contributed by atoms with Crippen molar-refractivity contribution in [3.63, 3.8) is 0 Å². The number of aliphatic hydroxyl groups is 4. The third-order valence-corrected chi connectivity index (χ3v) is 7.39. The second kappa shape index (κ2) is 7.04. The summed E-state index contributed by atoms with van der Waals surface area (Å²) >= 11 is 6.28. The van der Waals surface area contributed by atoms with Crippen molar-refractivity contribution in [3.05, 3.63) is 45.2 Å². The molecule has 10 nitrogen and oxygen atoms in total. The number of aliphatic hydroxyl groups excluding tert-OH is 2. The van der Waals surface area contributed by atoms with Gasteiger partial charge < -0.3 is 31.3 Å². The average Bonchev–Trinajstić information content (AvgIpc) is 2.69. The maximum atomic E-state index is 13.7. The third kappa shape index (κ3) is 2.75. The number of halogens is 1. The van der Waals surface area contributed by atoms with Crippen molar-refractivity contribution >= 4 is 34.8 Å². The summed E-state index contributed by atoms with van der Waals surface area (Å²) in [4.78, 5) is 40.1. The number of hydrogen-bond acceptors (Lipinski definition) is 9. The van der Waals surface area contributed by atoms with Crippen molar-refractivity contribution < 1.29 is 39.9 Å². The number of fused-ring (bicyclic) bond motifs is 3. The third-order valence-electron chi connectivity index (χ3n) is 7.07. The summed E-state index contributed by atoms with van der Waals surface area (Å²) in [6.45, 7) is 1.34. The van der Waals surface area contributed by atoms with Gasteiger partial charge in [-0.15, -0.1) is 0 Å². The lowest BCUT2D eigenvalue weighted by Gasteiger charge is -2.53. The van der Waals surface area contributed by atoms with Gasteiger partial charge in [0.15, 0.2) is 11.4 Å². The van der Waals surface area contributed by atoms with Crippen LogP contribution in [0.4, 0.5) is 0 Å². The summed E-state index contributed by atoms with van der Waals surface area (Å²) in [5, 5.41) is 55.2. The van der Waals surface area contributed by atoms with Crippen molar-refractivity contribution in [1.82, 2.24) is 4.90 Å². The molecule has 1 aromatic carbocycles. The van der Waals surface area contributed by atoms with Crippen LogP contribution in [0, 0.1) is 11.8 Å². The van der Waals surface area contributed by atoms with Crippen LogP contribution < -0.4 is 5.73 Å². The lowest BCUT2D eigenvalue weighted by molar-refractivity contribution is -0.159. The second-order valence-corrected chi connectivity index (χ2v) is 9.48. The molecule has 0 spiro atoms. The first-order chi connectivity index (χ1) is 15.2. The lowest BCUT2D eigenvalue weighted by atomic mass is 9.54. The number of likely N-dealkylation sites (N-methyl/N-ethyl adjacent to an activating group) is 1. The van der Waals surface area contributed by atoms with E-state index >= 15 is 0 Å². The van der Waals surface area contributed by atoms with Crippen molar-refractivity contribution in [3.8, 4) is 5.75 Å². The Morgan fingerprint density at radius 2 is 1.79 bits per heavy atom. The number of hydrogen-bond donors (Lipinski definition) is 6. The molecule has 3 unspecified atom stereocenters. The molecule has 1 fully saturated rings. The molecule has 0 radical (unpaired) electrons. The van der Waals surface area contributed by atoms with Crippen LogP contribution in [-0.2, 0) is 20.0 Å². The standard InChI is InChI=1S/C22H23ClN2O8/c1-21(32)7-6-8-15(25(2)3)17(28)13(20(24)31)19(30)22(8,33)18(29)11(7)16(27)12-10(26)5-4-9(23)14(12)21/h4-5,7-8,15,26-27,30,32-33H,6H2,1-3H3,(H2,24,31)/t7?,8?,15-,21+,22?/m1/s1. The van der Waals surface area contributed by atoms with Gasteiger partial charge in [-0.2, -0.15) is 0 Å². The van der Waals surface area contributed by atoms with Crippen molar-refractivity contribution in [2.75, 3.05) is 14.1 Å². The largest absolute Gasteiger partial charge is 0.508 e. The summed E-state index contributed by atoms with van der Waals surface area (Å²) < 4.78 is 0. The monoisotopic (exact) mass is 478 g/mol. The zero-order valence-electron chi connectivity index (χ0n) is 18.0. The molecule has 11 heteroatoms. The zero-order chi connectivity index (χ0) is 24.8. The van der Waals surface area contributed by atoms with E-state index in [1.54, 1.807) is 0 Å². The fourth-order valence-corrected chi connectivity index (χ4v) is 5.93. The summed E-state index contributed by atoms with van der Waals surface area (Å²) in [7, 11) is 2.97. The van der Waals surface area contributed by atoms with Gasteiger partial charge in [-0.1, -0.05) is 11.6 Å². The molecule has 0 aliphatic heterocycles. The van der Waals surface area contributed by atoms with E-state index in [4.69, 9.17) is 17.3 Å². The highest BCUT2D eigenvalue weighted by Gasteiger charge is 2.66. The van der Waals surface area contributed by atoms with E-state index in [2.05, 4.69) is 0 Å². The number of phenolic OH excluding ortho intramolecular Hbond substituents is 1. The quantitative estimate of drug-likeness (QED) is 0.325. The van der Waals surface area contributed by atoms with E-state index < -0.39 is 75.0 Å². The van der Waals surface area contributed by atoms with Gasteiger partial charge >= 0.3 is 0 Å². The van der Waals surface area contributed by atoms with Crippen LogP contribution in [0.25, 0.3) is 5.76 Å². The molecule has 3 aliphatic rings. The summed E-state index contributed by atoms with van der Waals surface area (Å²) in [5.74, 6) is -8.30. The number of carbonyl (C=O) groups is 3. The van der Waals surface area contributed by atoms with Gasteiger partial charge in [0.1, 0.15) is 22.8 Å². The van der Waals surface area contributed by atoms with E-state index in [0.717, 1.165) is 0 Å². The van der Waals surface area contributed by atoms with E-state index in [-0.39, 0.29) is 22.6 Å². The van der Waals surface area contributed by atoms with E-state index in [1.807, 2.05) is 0 Å². The van der Waals surface area contributed by atoms with Crippen LogP contribution in [0.1, 0.15) is 24.5 Å². The van der Waals surface area contributed by atoms with Gasteiger partial charge in [0, 0.05) is 28.0 Å². The van der Waals surface area contributed by atoms with Crippen LogP contribution in [0.3, 0.4) is 0 Å². The van der Waals surface area contributed by atoms with Gasteiger partial charge in [-0.05, 0) is 39.6 Å². The molecule has 176 valence electrons. The average molecular weight is 479 g/mol.